The van der Waals surface area contributed by atoms with E-state index in [2.05, 4.69) is 48.0 Å². The fraction of sp³-hybridized carbons (Fsp3) is 0.941. The molecule has 0 saturated carbocycles. The van der Waals surface area contributed by atoms with Crippen molar-refractivity contribution in [1.82, 2.24) is 20.0 Å². The minimum absolute atomic E-state index is 0. The molecule has 0 unspecified atom stereocenters. The van der Waals surface area contributed by atoms with E-state index in [1.165, 1.54) is 58.4 Å². The summed E-state index contributed by atoms with van der Waals surface area (Å²) in [6.07, 6.45) is 4.90. The van der Waals surface area contributed by atoms with Crippen molar-refractivity contribution in [3.63, 3.8) is 0 Å². The lowest BCUT2D eigenvalue weighted by Crippen LogP contribution is -2.44. The van der Waals surface area contributed by atoms with Gasteiger partial charge in [0, 0.05) is 52.9 Å². The van der Waals surface area contributed by atoms with Gasteiger partial charge in [-0.15, -0.1) is 24.0 Å². The molecule has 1 rings (SSSR count). The molecular formula is C17H38IN5. The fourth-order valence-electron chi connectivity index (χ4n) is 2.67. The molecule has 0 aromatic heterocycles. The van der Waals surface area contributed by atoms with Crippen LogP contribution < -0.4 is 5.32 Å². The largest absolute Gasteiger partial charge is 0.357 e. The van der Waals surface area contributed by atoms with Crippen LogP contribution in [0.3, 0.4) is 0 Å². The minimum atomic E-state index is 0. The van der Waals surface area contributed by atoms with Crippen molar-refractivity contribution in [3.05, 3.63) is 0 Å². The molecule has 0 amide bonds. The first kappa shape index (κ1) is 22.9. The highest BCUT2D eigenvalue weighted by atomic mass is 127. The smallest absolute Gasteiger partial charge is 0.193 e. The Morgan fingerprint density at radius 3 is 2.39 bits per heavy atom. The van der Waals surface area contributed by atoms with Crippen LogP contribution in [0.1, 0.15) is 39.5 Å². The molecule has 0 bridgehead atoms. The molecule has 6 heteroatoms. The lowest BCUT2D eigenvalue weighted by molar-refractivity contribution is 0.152. The summed E-state index contributed by atoms with van der Waals surface area (Å²) >= 11 is 0. The first-order valence-corrected chi connectivity index (χ1v) is 9.07. The van der Waals surface area contributed by atoms with Crippen LogP contribution in [0.2, 0.25) is 0 Å². The predicted molar refractivity (Wildman–Crippen MR) is 112 cm³/mol. The quantitative estimate of drug-likeness (QED) is 0.259. The Morgan fingerprint density at radius 2 is 1.78 bits per heavy atom. The summed E-state index contributed by atoms with van der Waals surface area (Å²) in [5.74, 6) is 1.07. The lowest BCUT2D eigenvalue weighted by atomic mass is 10.2. The van der Waals surface area contributed by atoms with E-state index in [1.54, 1.807) is 0 Å². The Bertz CT molecular complexity index is 303. The summed E-state index contributed by atoms with van der Waals surface area (Å²) in [6, 6.07) is 0. The Hall–Kier alpha value is -0.0800. The van der Waals surface area contributed by atoms with Gasteiger partial charge in [0.1, 0.15) is 0 Å². The third-order valence-corrected chi connectivity index (χ3v) is 4.28. The number of nitrogens with one attached hydrogen (secondary N) is 1. The Balaban J connectivity index is 0.00000484. The van der Waals surface area contributed by atoms with Gasteiger partial charge in [-0.3, -0.25) is 4.99 Å². The van der Waals surface area contributed by atoms with Crippen LogP contribution in [0.25, 0.3) is 0 Å². The molecule has 1 saturated heterocycles. The molecular weight excluding hydrogens is 401 g/mol. The Morgan fingerprint density at radius 1 is 1.09 bits per heavy atom. The first-order valence-electron chi connectivity index (χ1n) is 9.07. The predicted octanol–water partition coefficient (Wildman–Crippen LogP) is 2.33. The molecule has 1 fully saturated rings. The summed E-state index contributed by atoms with van der Waals surface area (Å²) < 4.78 is 0. The number of rotatable bonds is 9. The van der Waals surface area contributed by atoms with Gasteiger partial charge in [0.05, 0.1) is 0 Å². The summed E-state index contributed by atoms with van der Waals surface area (Å²) in [5, 5.41) is 3.40. The van der Waals surface area contributed by atoms with Crippen LogP contribution >= 0.6 is 24.0 Å². The van der Waals surface area contributed by atoms with Crippen LogP contribution in [0.4, 0.5) is 0 Å². The zero-order valence-electron chi connectivity index (χ0n) is 15.7. The molecule has 0 spiro atoms. The van der Waals surface area contributed by atoms with Gasteiger partial charge in [0.25, 0.3) is 0 Å². The van der Waals surface area contributed by atoms with E-state index >= 15 is 0 Å². The first-order chi connectivity index (χ1) is 10.7. The van der Waals surface area contributed by atoms with Crippen LogP contribution in [0.15, 0.2) is 4.99 Å². The van der Waals surface area contributed by atoms with Gasteiger partial charge in [-0.2, -0.15) is 0 Å². The average Bonchev–Trinajstić information content (AvgIpc) is 2.53. The summed E-state index contributed by atoms with van der Waals surface area (Å²) in [5.41, 5.74) is 0. The van der Waals surface area contributed by atoms with Gasteiger partial charge in [-0.1, -0.05) is 13.3 Å². The van der Waals surface area contributed by atoms with Gasteiger partial charge in [-0.25, -0.2) is 0 Å². The molecule has 23 heavy (non-hydrogen) atoms. The molecule has 0 aromatic rings. The summed E-state index contributed by atoms with van der Waals surface area (Å²) in [7, 11) is 4.35. The van der Waals surface area contributed by atoms with Crippen LogP contribution in [0, 0.1) is 0 Å². The molecule has 5 nitrogen and oxygen atoms in total. The molecule has 1 aliphatic heterocycles. The highest BCUT2D eigenvalue weighted by molar-refractivity contribution is 14.0. The second kappa shape index (κ2) is 14.3. The molecule has 0 atom stereocenters. The Labute approximate surface area is 160 Å². The number of hydrogen-bond donors (Lipinski definition) is 1. The topological polar surface area (TPSA) is 34.1 Å². The number of piperazine rings is 1. The maximum absolute atomic E-state index is 4.77. The molecule has 0 radical (unpaired) electrons. The van der Waals surface area contributed by atoms with Crippen molar-refractivity contribution in [2.24, 2.45) is 4.99 Å². The number of nitrogens with zero attached hydrogens (tertiary/aromatic N) is 4. The van der Waals surface area contributed by atoms with E-state index in [4.69, 9.17) is 4.99 Å². The third-order valence-electron chi connectivity index (χ3n) is 4.28. The van der Waals surface area contributed by atoms with Gasteiger partial charge < -0.3 is 20.0 Å². The number of aliphatic imine (C=N–C) groups is 1. The fourth-order valence-corrected chi connectivity index (χ4v) is 2.67. The second-order valence-electron chi connectivity index (χ2n) is 6.36. The average molecular weight is 439 g/mol. The van der Waals surface area contributed by atoms with Crippen LogP contribution in [-0.4, -0.2) is 87.1 Å². The summed E-state index contributed by atoms with van der Waals surface area (Å²) in [4.78, 5) is 12.0. The number of halogens is 1. The van der Waals surface area contributed by atoms with Crippen LogP contribution in [0.5, 0.6) is 0 Å². The molecule has 1 aliphatic rings. The van der Waals surface area contributed by atoms with E-state index in [0.29, 0.717) is 0 Å². The zero-order chi connectivity index (χ0) is 16.2. The highest BCUT2D eigenvalue weighted by Crippen LogP contribution is 2.02. The minimum Gasteiger partial charge on any atom is -0.357 e. The molecule has 1 heterocycles. The molecule has 0 aromatic carbocycles. The van der Waals surface area contributed by atoms with E-state index < -0.39 is 0 Å². The summed E-state index contributed by atoms with van der Waals surface area (Å²) in [6.45, 7) is 13.4. The van der Waals surface area contributed by atoms with Crippen molar-refractivity contribution < 1.29 is 0 Å². The van der Waals surface area contributed by atoms with Gasteiger partial charge in [0.15, 0.2) is 5.96 Å². The standard InChI is InChI=1S/C17H37N5.HI/c1-5-7-11-21(4)17(18-6-2)19-10-8-9-12-22-15-13-20(3)14-16-22;/h5-16H2,1-4H3,(H,18,19);1H. The van der Waals surface area contributed by atoms with Crippen molar-refractivity contribution in [2.75, 3.05) is 66.5 Å². The van der Waals surface area contributed by atoms with E-state index in [0.717, 1.165) is 25.6 Å². The third kappa shape index (κ3) is 10.4. The Kier molecular flexibility index (Phi) is 14.2. The zero-order valence-corrected chi connectivity index (χ0v) is 18.0. The van der Waals surface area contributed by atoms with Crippen LogP contribution in [-0.2, 0) is 0 Å². The molecule has 0 aliphatic carbocycles. The number of guanidine groups is 1. The molecule has 138 valence electrons. The normalized spacial score (nSPS) is 17.0. The maximum atomic E-state index is 4.77. The van der Waals surface area contributed by atoms with Crippen molar-refractivity contribution >= 4 is 29.9 Å². The van der Waals surface area contributed by atoms with E-state index in [9.17, 15) is 0 Å². The number of hydrogen-bond acceptors (Lipinski definition) is 3. The van der Waals surface area contributed by atoms with Gasteiger partial charge in [0.2, 0.25) is 0 Å². The number of likely N-dealkylation sites (N-methyl/N-ethyl adjacent to an activating group) is 1. The SMILES string of the molecule is CCCCN(C)C(=NCCCCN1CCN(C)CC1)NCC.I. The van der Waals surface area contributed by atoms with Crippen molar-refractivity contribution in [1.29, 1.82) is 0 Å². The second-order valence-corrected chi connectivity index (χ2v) is 6.36. The van der Waals surface area contributed by atoms with Gasteiger partial charge in [-0.05, 0) is 39.8 Å². The van der Waals surface area contributed by atoms with Crippen molar-refractivity contribution in [3.8, 4) is 0 Å². The number of unbranched alkanes of at least 4 members (excludes halogenated alkanes) is 2. The van der Waals surface area contributed by atoms with Gasteiger partial charge >= 0.3 is 0 Å². The molecule has 1 N–H and O–H groups in total. The monoisotopic (exact) mass is 439 g/mol. The highest BCUT2D eigenvalue weighted by Gasteiger charge is 2.12. The van der Waals surface area contributed by atoms with Crippen molar-refractivity contribution in [2.45, 2.75) is 39.5 Å². The lowest BCUT2D eigenvalue weighted by Gasteiger charge is -2.32. The van der Waals surface area contributed by atoms with E-state index in [1.807, 2.05) is 0 Å². The maximum Gasteiger partial charge on any atom is 0.193 e. The van der Waals surface area contributed by atoms with E-state index in [-0.39, 0.29) is 24.0 Å².